The first-order valence-electron chi connectivity index (χ1n) is 45.5. The van der Waals surface area contributed by atoms with Crippen molar-refractivity contribution in [3.63, 3.8) is 0 Å². The molecule has 0 aliphatic carbocycles. The SMILES string of the molecule is CCCCOc1ccc2cc(-n3c4ccc(N(c5ccc(CC)cc5)c5ccc(CC)cc5)cc4c4cc(N(c5ccc(CC)cc5)c5ccc(CC)cc5)ccc43)ccc2c1-c1c(OCCCC)ccc2cc(-n3c4ccc(N(c5ccc(CC)cc5)c5ccc(CC)cc5)cc4c4cc(N(c5ccc(CC)cc5)c5ccc(CC)cc5)ccc43)ccc12. The first-order chi connectivity index (χ1) is 61.0. The van der Waals surface area contributed by atoms with Crippen molar-refractivity contribution in [1.82, 2.24) is 9.13 Å². The molecule has 18 aromatic rings. The summed E-state index contributed by atoms with van der Waals surface area (Å²) in [5, 5.41) is 8.96. The number of anilines is 12. The highest BCUT2D eigenvalue weighted by Crippen LogP contribution is 2.51. The van der Waals surface area contributed by atoms with Crippen molar-refractivity contribution in [2.75, 3.05) is 32.8 Å². The largest absolute Gasteiger partial charge is 0.493 e. The zero-order chi connectivity index (χ0) is 84.9. The van der Waals surface area contributed by atoms with Crippen LogP contribution in [-0.2, 0) is 51.4 Å². The maximum absolute atomic E-state index is 7.13. The van der Waals surface area contributed by atoms with Crippen LogP contribution in [0.5, 0.6) is 11.5 Å². The van der Waals surface area contributed by atoms with Crippen molar-refractivity contribution < 1.29 is 9.47 Å². The topological polar surface area (TPSA) is 41.3 Å². The summed E-state index contributed by atoms with van der Waals surface area (Å²) in [5.41, 5.74) is 32.3. The summed E-state index contributed by atoms with van der Waals surface area (Å²) in [5.74, 6) is 1.67. The van der Waals surface area contributed by atoms with Gasteiger partial charge in [-0.25, -0.2) is 0 Å². The Bertz CT molecular complexity index is 5910. The summed E-state index contributed by atoms with van der Waals surface area (Å²) in [6, 6.07) is 124. The average Bonchev–Trinajstić information content (AvgIpc) is 1.60. The summed E-state index contributed by atoms with van der Waals surface area (Å²) in [6.07, 6.45) is 11.6. The highest BCUT2D eigenvalue weighted by molar-refractivity contribution is 6.16. The molecule has 0 unspecified atom stereocenters. The molecule has 124 heavy (non-hydrogen) atoms. The van der Waals surface area contributed by atoms with Crippen molar-refractivity contribution >= 4 is 133 Å². The minimum absolute atomic E-state index is 0.579. The van der Waals surface area contributed by atoms with Crippen molar-refractivity contribution in [3.05, 3.63) is 372 Å². The summed E-state index contributed by atoms with van der Waals surface area (Å²) in [7, 11) is 0. The van der Waals surface area contributed by atoms with E-state index in [0.717, 1.165) is 244 Å². The summed E-state index contributed by atoms with van der Waals surface area (Å²) >= 11 is 0. The van der Waals surface area contributed by atoms with E-state index in [1.807, 2.05) is 0 Å². The van der Waals surface area contributed by atoms with Gasteiger partial charge < -0.3 is 38.2 Å². The van der Waals surface area contributed by atoms with Crippen LogP contribution in [0.25, 0.3) is 87.7 Å². The lowest BCUT2D eigenvalue weighted by atomic mass is 9.91. The average molecular weight is 1620 g/mol. The van der Waals surface area contributed by atoms with Gasteiger partial charge in [0, 0.05) is 112 Å². The summed E-state index contributed by atoms with van der Waals surface area (Å²) in [4.78, 5) is 9.70. The van der Waals surface area contributed by atoms with E-state index in [-0.39, 0.29) is 0 Å². The third-order valence-electron chi connectivity index (χ3n) is 25.5. The first-order valence-corrected chi connectivity index (χ1v) is 45.5. The van der Waals surface area contributed by atoms with Gasteiger partial charge in [-0.3, -0.25) is 0 Å². The fourth-order valence-corrected chi connectivity index (χ4v) is 18.2. The van der Waals surface area contributed by atoms with Crippen molar-refractivity contribution in [2.45, 2.75) is 146 Å². The molecule has 0 amide bonds. The number of hydrogen-bond acceptors (Lipinski definition) is 6. The Kier molecular flexibility index (Phi) is 23.8. The van der Waals surface area contributed by atoms with Crippen molar-refractivity contribution in [3.8, 4) is 34.0 Å². The molecule has 0 aliphatic rings. The number of rotatable bonds is 31. The first kappa shape index (κ1) is 81.4. The molecule has 0 atom stereocenters. The second-order valence-electron chi connectivity index (χ2n) is 33.1. The van der Waals surface area contributed by atoms with Crippen LogP contribution < -0.4 is 29.1 Å². The van der Waals surface area contributed by atoms with Crippen molar-refractivity contribution in [1.29, 1.82) is 0 Å². The van der Waals surface area contributed by atoms with E-state index in [1.54, 1.807) is 0 Å². The van der Waals surface area contributed by atoms with Crippen LogP contribution in [0, 0.1) is 0 Å². The molecule has 618 valence electrons. The molecule has 18 rings (SSSR count). The molecule has 8 heteroatoms. The Morgan fingerprint density at radius 2 is 0.411 bits per heavy atom. The molecular weight excluding hydrogens is 1510 g/mol. The molecule has 0 saturated carbocycles. The number of ether oxygens (including phenoxy) is 2. The van der Waals surface area contributed by atoms with Gasteiger partial charge in [0.1, 0.15) is 11.5 Å². The molecular formula is C116H112N6O2. The Balaban J connectivity index is 0.825. The fourth-order valence-electron chi connectivity index (χ4n) is 18.2. The van der Waals surface area contributed by atoms with Crippen LogP contribution in [0.1, 0.15) is 139 Å². The maximum atomic E-state index is 7.13. The highest BCUT2D eigenvalue weighted by atomic mass is 16.5. The second kappa shape index (κ2) is 36.2. The second-order valence-corrected chi connectivity index (χ2v) is 33.1. The van der Waals surface area contributed by atoms with E-state index >= 15 is 0 Å². The lowest BCUT2D eigenvalue weighted by Crippen LogP contribution is -2.10. The lowest BCUT2D eigenvalue weighted by molar-refractivity contribution is 0.306. The quantitative estimate of drug-likeness (QED) is 0.0403. The van der Waals surface area contributed by atoms with Gasteiger partial charge in [0.15, 0.2) is 0 Å². The molecule has 0 aliphatic heterocycles. The number of nitrogens with zero attached hydrogens (tertiary/aromatic N) is 6. The van der Waals surface area contributed by atoms with Gasteiger partial charge in [0.2, 0.25) is 0 Å². The smallest absolute Gasteiger partial charge is 0.127 e. The van der Waals surface area contributed by atoms with E-state index in [0.29, 0.717) is 13.2 Å². The van der Waals surface area contributed by atoms with Crippen LogP contribution in [-0.4, -0.2) is 22.3 Å². The van der Waals surface area contributed by atoms with Crippen LogP contribution in [0.4, 0.5) is 68.2 Å². The minimum atomic E-state index is 0.579. The Morgan fingerprint density at radius 3 is 0.613 bits per heavy atom. The highest BCUT2D eigenvalue weighted by Gasteiger charge is 2.27. The molecule has 8 nitrogen and oxygen atoms in total. The molecule has 0 spiro atoms. The Hall–Kier alpha value is -13.6. The van der Waals surface area contributed by atoms with Gasteiger partial charge in [-0.1, -0.05) is 203 Å². The number of fused-ring (bicyclic) bond motifs is 8. The number of benzene rings is 16. The Labute approximate surface area is 732 Å². The fraction of sp³-hybridized carbons (Fsp3) is 0.207. The van der Waals surface area contributed by atoms with E-state index < -0.39 is 0 Å². The number of aryl methyl sites for hydroxylation is 8. The zero-order valence-corrected chi connectivity index (χ0v) is 73.6. The molecule has 2 aromatic heterocycles. The zero-order valence-electron chi connectivity index (χ0n) is 73.6. The van der Waals surface area contributed by atoms with E-state index in [4.69, 9.17) is 9.47 Å². The summed E-state index contributed by atoms with van der Waals surface area (Å²) < 4.78 is 19.2. The standard InChI is InChI=1S/C116H112N6O2/c1-11-21-71-123-113-69-39-87-73-97(121-109-65-59-99(117(89-41-23-79(13-3)24-42-89)90-43-25-80(14-4)26-44-90)75-105(109)106-76-100(60-66-110(106)121)118(91-45-27-81(15-5)28-46-91)92-47-29-82(16-6)30-48-92)57-63-103(87)115(113)116-104-64-58-98(74-88(104)40-70-114(116)124-72-22-12-2)122-111-67-61-101(119(93-49-31-83(17-7)32-50-93)94-51-33-84(18-8)34-52-94)77-107(111)108-78-102(62-68-112(108)122)120(95-53-35-85(19-9)36-54-95)96-55-37-86(20-10)38-56-96/h23-70,73-78H,11-22,71-72H2,1-10H3. The molecule has 0 saturated heterocycles. The van der Waals surface area contributed by atoms with E-state index in [9.17, 15) is 0 Å². The summed E-state index contributed by atoms with van der Waals surface area (Å²) in [6.45, 7) is 23.4. The van der Waals surface area contributed by atoms with Crippen molar-refractivity contribution in [2.24, 2.45) is 0 Å². The normalized spacial score (nSPS) is 11.6. The maximum Gasteiger partial charge on any atom is 0.127 e. The van der Waals surface area contributed by atoms with Crippen LogP contribution in [0.3, 0.4) is 0 Å². The number of hydrogen-bond donors (Lipinski definition) is 0. The van der Waals surface area contributed by atoms with Gasteiger partial charge in [-0.2, -0.15) is 0 Å². The Morgan fingerprint density at radius 1 is 0.202 bits per heavy atom. The lowest BCUT2D eigenvalue weighted by Gasteiger charge is -2.26. The predicted octanol–water partition coefficient (Wildman–Crippen LogP) is 32.6. The van der Waals surface area contributed by atoms with Gasteiger partial charge in [0.05, 0.1) is 35.3 Å². The molecule has 0 N–H and O–H groups in total. The van der Waals surface area contributed by atoms with Gasteiger partial charge in [-0.15, -0.1) is 0 Å². The third-order valence-corrected chi connectivity index (χ3v) is 25.5. The minimum Gasteiger partial charge on any atom is -0.493 e. The van der Waals surface area contributed by atoms with Gasteiger partial charge in [0.25, 0.3) is 0 Å². The van der Waals surface area contributed by atoms with Gasteiger partial charge >= 0.3 is 0 Å². The van der Waals surface area contributed by atoms with Gasteiger partial charge in [-0.05, 0) is 337 Å². The molecule has 0 radical (unpaired) electrons. The molecule has 2 heterocycles. The molecule has 16 aromatic carbocycles. The van der Waals surface area contributed by atoms with E-state index in [2.05, 4.69) is 426 Å². The number of aromatic nitrogens is 2. The van der Waals surface area contributed by atoms with E-state index in [1.165, 1.54) is 44.5 Å². The monoisotopic (exact) mass is 1620 g/mol. The van der Waals surface area contributed by atoms with Crippen LogP contribution >= 0.6 is 0 Å². The number of unbranched alkanes of at least 4 members (excludes halogenated alkanes) is 2. The van der Waals surface area contributed by atoms with Crippen LogP contribution in [0.2, 0.25) is 0 Å². The molecule has 0 bridgehead atoms. The third kappa shape index (κ3) is 15.9. The van der Waals surface area contributed by atoms with Crippen LogP contribution in [0.15, 0.2) is 328 Å². The molecule has 0 fully saturated rings. The predicted molar refractivity (Wildman–Crippen MR) is 530 cm³/mol.